The molecule has 2 rings (SSSR count). The van der Waals surface area contributed by atoms with E-state index in [9.17, 15) is 0 Å². The molecular weight excluding hydrogens is 318 g/mol. The first-order valence-corrected chi connectivity index (χ1v) is 7.94. The Bertz CT molecular complexity index is 500. The van der Waals surface area contributed by atoms with Crippen LogP contribution in [0.15, 0.2) is 4.47 Å². The molecule has 0 bridgehead atoms. The van der Waals surface area contributed by atoms with Crippen molar-refractivity contribution in [2.75, 3.05) is 13.1 Å². The van der Waals surface area contributed by atoms with Crippen LogP contribution in [-0.2, 0) is 20.0 Å². The van der Waals surface area contributed by atoms with Gasteiger partial charge in [-0.1, -0.05) is 13.8 Å². The third-order valence-electron chi connectivity index (χ3n) is 4.49. The second kappa shape index (κ2) is 5.85. The van der Waals surface area contributed by atoms with Crippen molar-refractivity contribution >= 4 is 21.8 Å². The lowest BCUT2D eigenvalue weighted by Crippen LogP contribution is -2.45. The fourth-order valence-electron chi connectivity index (χ4n) is 2.68. The summed E-state index contributed by atoms with van der Waals surface area (Å²) in [7, 11) is 2.00. The minimum atomic E-state index is -0.116. The molecule has 0 atom stereocenters. The Hall–Kier alpha value is -0.880. The van der Waals surface area contributed by atoms with Gasteiger partial charge in [0.25, 0.3) is 0 Å². The Morgan fingerprint density at radius 2 is 2.05 bits per heavy atom. The van der Waals surface area contributed by atoms with E-state index in [-0.39, 0.29) is 5.41 Å². The van der Waals surface area contributed by atoms with Crippen LogP contribution in [0.1, 0.15) is 38.1 Å². The maximum Gasteiger partial charge on any atom is 0.0966 e. The van der Waals surface area contributed by atoms with Gasteiger partial charge in [-0.3, -0.25) is 15.0 Å². The molecule has 2 heterocycles. The van der Waals surface area contributed by atoms with Gasteiger partial charge in [0.2, 0.25) is 0 Å². The normalized spacial score (nSPS) is 19.2. The molecule has 0 unspecified atom stereocenters. The van der Waals surface area contributed by atoms with E-state index in [1.807, 2.05) is 11.7 Å². The van der Waals surface area contributed by atoms with E-state index in [4.69, 9.17) is 11.1 Å². The standard InChI is InChI=1S/C14H24BrN5/c1-4-10-12(15)11(19(3)18-10)9-20-7-5-14(2,6-8-20)13(16)17/h4-9H2,1-3H3,(H3,16,17). The zero-order valence-corrected chi connectivity index (χ0v) is 14.1. The number of amidine groups is 1. The van der Waals surface area contributed by atoms with Crippen molar-refractivity contribution in [1.82, 2.24) is 14.7 Å². The number of nitrogens with zero attached hydrogens (tertiary/aromatic N) is 3. The van der Waals surface area contributed by atoms with Crippen LogP contribution in [0.25, 0.3) is 0 Å². The Balaban J connectivity index is 2.03. The molecule has 1 aromatic heterocycles. The van der Waals surface area contributed by atoms with Crippen LogP contribution < -0.4 is 5.73 Å². The second-order valence-electron chi connectivity index (χ2n) is 5.94. The van der Waals surface area contributed by atoms with Crippen molar-refractivity contribution in [2.24, 2.45) is 18.2 Å². The van der Waals surface area contributed by atoms with Gasteiger partial charge < -0.3 is 5.73 Å². The summed E-state index contributed by atoms with van der Waals surface area (Å²) in [6, 6.07) is 0. The van der Waals surface area contributed by atoms with Crippen LogP contribution in [-0.4, -0.2) is 33.6 Å². The minimum Gasteiger partial charge on any atom is -0.387 e. The molecule has 1 aromatic rings. The van der Waals surface area contributed by atoms with Gasteiger partial charge >= 0.3 is 0 Å². The number of nitrogens with one attached hydrogen (secondary N) is 1. The molecule has 1 fully saturated rings. The molecule has 0 aromatic carbocycles. The molecule has 112 valence electrons. The average Bonchev–Trinajstić information content (AvgIpc) is 2.68. The third kappa shape index (κ3) is 2.91. The van der Waals surface area contributed by atoms with Crippen LogP contribution in [0.2, 0.25) is 0 Å². The number of aryl methyl sites for hydroxylation is 2. The monoisotopic (exact) mass is 341 g/mol. The minimum absolute atomic E-state index is 0.116. The number of nitrogens with two attached hydrogens (primary N) is 1. The summed E-state index contributed by atoms with van der Waals surface area (Å²) < 4.78 is 3.12. The summed E-state index contributed by atoms with van der Waals surface area (Å²) in [6.07, 6.45) is 2.85. The lowest BCUT2D eigenvalue weighted by Gasteiger charge is -2.38. The average molecular weight is 342 g/mol. The lowest BCUT2D eigenvalue weighted by molar-refractivity contribution is 0.152. The zero-order chi connectivity index (χ0) is 14.9. The van der Waals surface area contributed by atoms with Crippen LogP contribution in [0.5, 0.6) is 0 Å². The molecule has 0 radical (unpaired) electrons. The molecule has 20 heavy (non-hydrogen) atoms. The highest BCUT2D eigenvalue weighted by atomic mass is 79.9. The summed E-state index contributed by atoms with van der Waals surface area (Å²) in [6.45, 7) is 7.08. The SMILES string of the molecule is CCc1nn(C)c(CN2CCC(C)(C(=N)N)CC2)c1Br. The molecule has 1 aliphatic rings. The van der Waals surface area contributed by atoms with Crippen molar-refractivity contribution in [3.05, 3.63) is 15.9 Å². The molecule has 6 heteroatoms. The topological polar surface area (TPSA) is 70.9 Å². The van der Waals surface area contributed by atoms with Gasteiger partial charge in [-0.2, -0.15) is 5.10 Å². The van der Waals surface area contributed by atoms with E-state index in [1.54, 1.807) is 0 Å². The van der Waals surface area contributed by atoms with Crippen molar-refractivity contribution in [3.8, 4) is 0 Å². The van der Waals surface area contributed by atoms with E-state index >= 15 is 0 Å². The second-order valence-corrected chi connectivity index (χ2v) is 6.73. The Morgan fingerprint density at radius 3 is 2.50 bits per heavy atom. The van der Waals surface area contributed by atoms with Crippen molar-refractivity contribution < 1.29 is 0 Å². The number of halogens is 1. The predicted octanol–water partition coefficient (Wildman–Crippen LogP) is 2.28. The number of likely N-dealkylation sites (tertiary alicyclic amines) is 1. The van der Waals surface area contributed by atoms with E-state index in [1.165, 1.54) is 5.69 Å². The van der Waals surface area contributed by atoms with Gasteiger partial charge in [-0.05, 0) is 48.3 Å². The predicted molar refractivity (Wildman–Crippen MR) is 84.8 cm³/mol. The smallest absolute Gasteiger partial charge is 0.0966 e. The lowest BCUT2D eigenvalue weighted by atomic mass is 9.79. The summed E-state index contributed by atoms with van der Waals surface area (Å²) in [4.78, 5) is 2.42. The highest BCUT2D eigenvalue weighted by Gasteiger charge is 2.33. The first kappa shape index (κ1) is 15.5. The first-order chi connectivity index (χ1) is 9.37. The van der Waals surface area contributed by atoms with Crippen molar-refractivity contribution in [2.45, 2.75) is 39.7 Å². The fourth-order valence-corrected chi connectivity index (χ4v) is 3.42. The fraction of sp³-hybridized carbons (Fsp3) is 0.714. The van der Waals surface area contributed by atoms with Gasteiger partial charge in [-0.15, -0.1) is 0 Å². The van der Waals surface area contributed by atoms with E-state index in [0.717, 1.165) is 49.1 Å². The quantitative estimate of drug-likeness (QED) is 0.651. The van der Waals surface area contributed by atoms with E-state index in [2.05, 4.69) is 39.8 Å². The maximum atomic E-state index is 7.71. The summed E-state index contributed by atoms with van der Waals surface area (Å²) >= 11 is 3.67. The molecule has 0 aliphatic carbocycles. The number of hydrogen-bond donors (Lipinski definition) is 2. The van der Waals surface area contributed by atoms with Crippen molar-refractivity contribution in [1.29, 1.82) is 5.41 Å². The molecule has 5 nitrogen and oxygen atoms in total. The summed E-state index contributed by atoms with van der Waals surface area (Å²) in [5, 5.41) is 12.2. The highest BCUT2D eigenvalue weighted by Crippen LogP contribution is 2.32. The molecule has 0 spiro atoms. The zero-order valence-electron chi connectivity index (χ0n) is 12.5. The van der Waals surface area contributed by atoms with Gasteiger partial charge in [-0.25, -0.2) is 0 Å². The number of aromatic nitrogens is 2. The Morgan fingerprint density at radius 1 is 1.45 bits per heavy atom. The van der Waals surface area contributed by atoms with E-state index < -0.39 is 0 Å². The van der Waals surface area contributed by atoms with Gasteiger partial charge in [0.1, 0.15) is 0 Å². The van der Waals surface area contributed by atoms with Crippen molar-refractivity contribution in [3.63, 3.8) is 0 Å². The highest BCUT2D eigenvalue weighted by molar-refractivity contribution is 9.10. The van der Waals surface area contributed by atoms with Crippen LogP contribution in [0.3, 0.4) is 0 Å². The maximum absolute atomic E-state index is 7.71. The van der Waals surface area contributed by atoms with Gasteiger partial charge in [0, 0.05) is 19.0 Å². The van der Waals surface area contributed by atoms with Crippen LogP contribution >= 0.6 is 15.9 Å². The van der Waals surface area contributed by atoms with Crippen LogP contribution in [0, 0.1) is 10.8 Å². The third-order valence-corrected chi connectivity index (χ3v) is 5.40. The molecule has 1 saturated heterocycles. The number of hydrogen-bond acceptors (Lipinski definition) is 3. The Kier molecular flexibility index (Phi) is 4.54. The first-order valence-electron chi connectivity index (χ1n) is 7.14. The Labute approximate surface area is 129 Å². The van der Waals surface area contributed by atoms with Crippen LogP contribution in [0.4, 0.5) is 0 Å². The summed E-state index contributed by atoms with van der Waals surface area (Å²) in [5.41, 5.74) is 7.94. The molecule has 1 aliphatic heterocycles. The van der Waals surface area contributed by atoms with Gasteiger partial charge in [0.15, 0.2) is 0 Å². The summed E-state index contributed by atoms with van der Waals surface area (Å²) in [5.74, 6) is 0.326. The molecule has 0 saturated carbocycles. The molecule has 3 N–H and O–H groups in total. The van der Waals surface area contributed by atoms with Gasteiger partial charge in [0.05, 0.1) is 21.7 Å². The molecule has 0 amide bonds. The largest absolute Gasteiger partial charge is 0.387 e. The van der Waals surface area contributed by atoms with E-state index in [0.29, 0.717) is 5.84 Å². The number of rotatable bonds is 4. The number of piperidine rings is 1. The molecular formula is C14H24BrN5.